The summed E-state index contributed by atoms with van der Waals surface area (Å²) in [7, 11) is 0. The fraction of sp³-hybridized carbons (Fsp3) is 0. The Bertz CT molecular complexity index is 653. The van der Waals surface area contributed by atoms with Crippen LogP contribution >= 0.6 is 12.4 Å². The van der Waals surface area contributed by atoms with E-state index in [9.17, 15) is 5.11 Å². The van der Waals surface area contributed by atoms with Crippen LogP contribution in [0.5, 0.6) is 5.75 Å². The summed E-state index contributed by atoms with van der Waals surface area (Å²) in [6.07, 6.45) is 1.53. The van der Waals surface area contributed by atoms with Crippen LogP contribution in [-0.2, 0) is 0 Å². The summed E-state index contributed by atoms with van der Waals surface area (Å²) < 4.78 is 1.57. The van der Waals surface area contributed by atoms with Crippen molar-refractivity contribution in [3.63, 3.8) is 0 Å². The molecule has 3 aromatic rings. The number of fused-ring (bicyclic) bond motifs is 1. The standard InChI is InChI=1S/C11H8N4O.ClH/c16-10-4-2-1-3-8(10)9-5-6-11-13-12-7-15(11)14-9;/h1-7,16H;1H. The minimum Gasteiger partial charge on any atom is -0.507 e. The molecule has 0 amide bonds. The first kappa shape index (κ1) is 11.3. The highest BCUT2D eigenvalue weighted by Crippen LogP contribution is 2.26. The normalized spacial score (nSPS) is 10.1. The van der Waals surface area contributed by atoms with Crippen LogP contribution in [0.3, 0.4) is 0 Å². The summed E-state index contributed by atoms with van der Waals surface area (Å²) in [6.45, 7) is 0. The Morgan fingerprint density at radius 3 is 2.71 bits per heavy atom. The summed E-state index contributed by atoms with van der Waals surface area (Å²) in [6, 6.07) is 10.7. The van der Waals surface area contributed by atoms with Crippen LogP contribution in [0.25, 0.3) is 16.9 Å². The van der Waals surface area contributed by atoms with E-state index in [1.807, 2.05) is 18.2 Å². The van der Waals surface area contributed by atoms with Crippen LogP contribution in [0.4, 0.5) is 0 Å². The number of benzene rings is 1. The van der Waals surface area contributed by atoms with Gasteiger partial charge in [-0.05, 0) is 24.3 Å². The summed E-state index contributed by atoms with van der Waals surface area (Å²) in [5.74, 6) is 0.211. The highest BCUT2D eigenvalue weighted by atomic mass is 35.5. The molecule has 0 radical (unpaired) electrons. The van der Waals surface area contributed by atoms with Gasteiger partial charge >= 0.3 is 0 Å². The van der Waals surface area contributed by atoms with Gasteiger partial charge in [0, 0.05) is 5.56 Å². The Balaban J connectivity index is 0.00000108. The Morgan fingerprint density at radius 1 is 1.06 bits per heavy atom. The average Bonchev–Trinajstić information content (AvgIpc) is 2.76. The Labute approximate surface area is 103 Å². The van der Waals surface area contributed by atoms with E-state index in [2.05, 4.69) is 15.3 Å². The molecule has 2 heterocycles. The van der Waals surface area contributed by atoms with Gasteiger partial charge in [0.05, 0.1) is 5.69 Å². The maximum atomic E-state index is 9.71. The molecule has 0 saturated heterocycles. The monoisotopic (exact) mass is 248 g/mol. The quantitative estimate of drug-likeness (QED) is 0.715. The zero-order valence-corrected chi connectivity index (χ0v) is 9.50. The molecule has 5 nitrogen and oxygen atoms in total. The molecule has 86 valence electrons. The van der Waals surface area contributed by atoms with Crippen LogP contribution in [-0.4, -0.2) is 24.9 Å². The zero-order chi connectivity index (χ0) is 11.0. The molecular formula is C11H9ClN4O. The number of hydrogen-bond acceptors (Lipinski definition) is 4. The smallest absolute Gasteiger partial charge is 0.177 e. The Hall–Kier alpha value is -2.14. The molecule has 0 atom stereocenters. The first-order chi connectivity index (χ1) is 7.84. The minimum absolute atomic E-state index is 0. The number of rotatable bonds is 1. The maximum absolute atomic E-state index is 9.71. The summed E-state index contributed by atoms with van der Waals surface area (Å²) in [5, 5.41) is 21.6. The van der Waals surface area contributed by atoms with E-state index < -0.39 is 0 Å². The second-order valence-electron chi connectivity index (χ2n) is 3.37. The van der Waals surface area contributed by atoms with E-state index in [0.717, 1.165) is 0 Å². The highest BCUT2D eigenvalue weighted by Gasteiger charge is 2.06. The molecule has 1 N–H and O–H groups in total. The van der Waals surface area contributed by atoms with Gasteiger partial charge in [0.1, 0.15) is 12.1 Å². The Morgan fingerprint density at radius 2 is 1.88 bits per heavy atom. The second kappa shape index (κ2) is 4.39. The second-order valence-corrected chi connectivity index (χ2v) is 3.37. The van der Waals surface area contributed by atoms with E-state index >= 15 is 0 Å². The zero-order valence-electron chi connectivity index (χ0n) is 8.69. The lowest BCUT2D eigenvalue weighted by Gasteiger charge is -2.03. The molecule has 2 aromatic heterocycles. The number of phenolic OH excluding ortho intramolecular Hbond substituents is 1. The highest BCUT2D eigenvalue weighted by molar-refractivity contribution is 5.85. The van der Waals surface area contributed by atoms with Gasteiger partial charge in [-0.15, -0.1) is 22.6 Å². The van der Waals surface area contributed by atoms with Gasteiger partial charge in [0.25, 0.3) is 0 Å². The van der Waals surface area contributed by atoms with Crippen molar-refractivity contribution in [3.8, 4) is 17.0 Å². The average molecular weight is 249 g/mol. The lowest BCUT2D eigenvalue weighted by Crippen LogP contribution is -1.93. The third-order valence-corrected chi connectivity index (χ3v) is 2.34. The van der Waals surface area contributed by atoms with Crippen LogP contribution in [0.2, 0.25) is 0 Å². The predicted molar refractivity (Wildman–Crippen MR) is 65.1 cm³/mol. The minimum atomic E-state index is 0. The molecule has 0 saturated carbocycles. The van der Waals surface area contributed by atoms with Crippen molar-refractivity contribution in [2.24, 2.45) is 0 Å². The number of aromatic nitrogens is 4. The molecule has 0 bridgehead atoms. The summed E-state index contributed by atoms with van der Waals surface area (Å²) in [5.41, 5.74) is 2.06. The topological polar surface area (TPSA) is 63.3 Å². The summed E-state index contributed by atoms with van der Waals surface area (Å²) in [4.78, 5) is 0. The van der Waals surface area contributed by atoms with Crippen LogP contribution < -0.4 is 0 Å². The van der Waals surface area contributed by atoms with Crippen molar-refractivity contribution in [3.05, 3.63) is 42.7 Å². The van der Waals surface area contributed by atoms with E-state index in [4.69, 9.17) is 0 Å². The number of halogens is 1. The fourth-order valence-electron chi connectivity index (χ4n) is 1.56. The number of aromatic hydroxyl groups is 1. The molecule has 17 heavy (non-hydrogen) atoms. The van der Waals surface area contributed by atoms with Gasteiger partial charge in [-0.1, -0.05) is 12.1 Å². The SMILES string of the molecule is Cl.Oc1ccccc1-c1ccc2nncn2n1. The van der Waals surface area contributed by atoms with Gasteiger partial charge < -0.3 is 5.11 Å². The van der Waals surface area contributed by atoms with E-state index in [1.165, 1.54) is 6.33 Å². The predicted octanol–water partition coefficient (Wildman–Crippen LogP) is 1.92. The molecule has 0 aliphatic rings. The van der Waals surface area contributed by atoms with E-state index in [-0.39, 0.29) is 18.2 Å². The van der Waals surface area contributed by atoms with Crippen molar-refractivity contribution < 1.29 is 5.11 Å². The molecule has 1 aromatic carbocycles. The van der Waals surface area contributed by atoms with E-state index in [1.54, 1.807) is 22.7 Å². The number of nitrogens with zero attached hydrogens (tertiary/aromatic N) is 4. The third kappa shape index (κ3) is 1.92. The first-order valence-corrected chi connectivity index (χ1v) is 4.80. The maximum Gasteiger partial charge on any atom is 0.177 e. The van der Waals surface area contributed by atoms with Gasteiger partial charge in [0.2, 0.25) is 0 Å². The lowest BCUT2D eigenvalue weighted by molar-refractivity contribution is 0.477. The lowest BCUT2D eigenvalue weighted by atomic mass is 10.1. The van der Waals surface area contributed by atoms with Crippen molar-refractivity contribution >= 4 is 18.1 Å². The van der Waals surface area contributed by atoms with Crippen molar-refractivity contribution in [2.45, 2.75) is 0 Å². The largest absolute Gasteiger partial charge is 0.507 e. The van der Waals surface area contributed by atoms with Crippen LogP contribution in [0, 0.1) is 0 Å². The van der Waals surface area contributed by atoms with Crippen molar-refractivity contribution in [1.29, 1.82) is 0 Å². The molecular weight excluding hydrogens is 240 g/mol. The van der Waals surface area contributed by atoms with Crippen molar-refractivity contribution in [2.75, 3.05) is 0 Å². The first-order valence-electron chi connectivity index (χ1n) is 4.80. The Kier molecular flexibility index (Phi) is 2.93. The molecule has 0 aliphatic carbocycles. The fourth-order valence-corrected chi connectivity index (χ4v) is 1.56. The summed E-state index contributed by atoms with van der Waals surface area (Å²) >= 11 is 0. The van der Waals surface area contributed by atoms with Crippen LogP contribution in [0.15, 0.2) is 42.7 Å². The van der Waals surface area contributed by atoms with Gasteiger partial charge in [-0.2, -0.15) is 9.61 Å². The molecule has 0 spiro atoms. The van der Waals surface area contributed by atoms with Crippen molar-refractivity contribution in [1.82, 2.24) is 19.8 Å². The molecule has 3 rings (SSSR count). The number of para-hydroxylation sites is 1. The third-order valence-electron chi connectivity index (χ3n) is 2.34. The van der Waals surface area contributed by atoms with Gasteiger partial charge in [-0.25, -0.2) is 0 Å². The number of phenols is 1. The van der Waals surface area contributed by atoms with Crippen LogP contribution in [0.1, 0.15) is 0 Å². The number of hydrogen-bond donors (Lipinski definition) is 1. The molecule has 0 unspecified atom stereocenters. The van der Waals surface area contributed by atoms with Gasteiger partial charge in [0.15, 0.2) is 5.65 Å². The van der Waals surface area contributed by atoms with E-state index in [0.29, 0.717) is 16.9 Å². The molecule has 6 heteroatoms. The molecule has 0 fully saturated rings. The van der Waals surface area contributed by atoms with Gasteiger partial charge in [-0.3, -0.25) is 0 Å². The molecule has 0 aliphatic heterocycles.